The molecule has 0 bridgehead atoms. The highest BCUT2D eigenvalue weighted by Gasteiger charge is 2.07. The second-order valence-electron chi connectivity index (χ2n) is 4.21. The summed E-state index contributed by atoms with van der Waals surface area (Å²) in [7, 11) is 2.09. The molecule has 80 valence electrons. The van der Waals surface area contributed by atoms with Gasteiger partial charge in [0.1, 0.15) is 5.82 Å². The number of nitrogens with zero attached hydrogens (tertiary/aromatic N) is 2. The number of nitrogens with two attached hydrogens (primary N) is 1. The molecular weight excluding hydrogens is 174 g/mol. The predicted molar refractivity (Wildman–Crippen MR) is 59.1 cm³/mol. The fraction of sp³-hybridized carbons (Fsp3) is 0.727. The number of hydrogen-bond donors (Lipinski definition) is 1. The minimum atomic E-state index is 0.665. The van der Waals surface area contributed by atoms with E-state index in [0.29, 0.717) is 5.92 Å². The van der Waals surface area contributed by atoms with E-state index < -0.39 is 0 Å². The molecule has 14 heavy (non-hydrogen) atoms. The van der Waals surface area contributed by atoms with E-state index in [2.05, 4.69) is 30.4 Å². The Morgan fingerprint density at radius 3 is 2.79 bits per heavy atom. The van der Waals surface area contributed by atoms with Gasteiger partial charge >= 0.3 is 0 Å². The topological polar surface area (TPSA) is 43.8 Å². The standard InChI is InChI=1S/C11H21N3/c1-9(2)7-11-13-8-10(14(11)3)5-4-6-12/h8-9H,4-7,12H2,1-3H3. The van der Waals surface area contributed by atoms with Gasteiger partial charge in [0.2, 0.25) is 0 Å². The Labute approximate surface area is 86.3 Å². The van der Waals surface area contributed by atoms with Crippen LogP contribution in [-0.2, 0) is 19.9 Å². The smallest absolute Gasteiger partial charge is 0.108 e. The van der Waals surface area contributed by atoms with Crippen molar-refractivity contribution in [1.82, 2.24) is 9.55 Å². The number of imidazole rings is 1. The Morgan fingerprint density at radius 2 is 2.21 bits per heavy atom. The maximum atomic E-state index is 5.48. The van der Waals surface area contributed by atoms with Gasteiger partial charge in [0.25, 0.3) is 0 Å². The summed E-state index contributed by atoms with van der Waals surface area (Å²) in [4.78, 5) is 4.43. The molecule has 0 atom stereocenters. The molecule has 0 unspecified atom stereocenters. The Hall–Kier alpha value is -0.830. The largest absolute Gasteiger partial charge is 0.335 e. The molecule has 0 aliphatic rings. The minimum Gasteiger partial charge on any atom is -0.335 e. The normalized spacial score (nSPS) is 11.2. The Kier molecular flexibility index (Phi) is 4.14. The van der Waals surface area contributed by atoms with Crippen molar-refractivity contribution >= 4 is 0 Å². The van der Waals surface area contributed by atoms with E-state index in [4.69, 9.17) is 5.73 Å². The molecule has 0 amide bonds. The molecule has 0 fully saturated rings. The van der Waals surface area contributed by atoms with Crippen LogP contribution in [0.5, 0.6) is 0 Å². The maximum absolute atomic E-state index is 5.48. The maximum Gasteiger partial charge on any atom is 0.108 e. The molecule has 1 rings (SSSR count). The summed E-state index contributed by atoms with van der Waals surface area (Å²) in [6.45, 7) is 5.19. The molecular formula is C11H21N3. The summed E-state index contributed by atoms with van der Waals surface area (Å²) in [6.07, 6.45) is 5.12. The fourth-order valence-electron chi connectivity index (χ4n) is 1.56. The lowest BCUT2D eigenvalue weighted by atomic mass is 10.1. The lowest BCUT2D eigenvalue weighted by Crippen LogP contribution is -2.07. The summed E-state index contributed by atoms with van der Waals surface area (Å²) < 4.78 is 2.20. The third-order valence-electron chi connectivity index (χ3n) is 2.41. The molecule has 0 radical (unpaired) electrons. The summed E-state index contributed by atoms with van der Waals surface area (Å²) in [5.74, 6) is 1.85. The van der Waals surface area contributed by atoms with Gasteiger partial charge in [0.15, 0.2) is 0 Å². The molecule has 1 aromatic rings. The van der Waals surface area contributed by atoms with Gasteiger partial charge in [-0.25, -0.2) is 4.98 Å². The van der Waals surface area contributed by atoms with Crippen LogP contribution in [0.3, 0.4) is 0 Å². The molecule has 2 N–H and O–H groups in total. The van der Waals surface area contributed by atoms with Crippen molar-refractivity contribution in [1.29, 1.82) is 0 Å². The van der Waals surface area contributed by atoms with Gasteiger partial charge in [-0.2, -0.15) is 0 Å². The van der Waals surface area contributed by atoms with Crippen LogP contribution in [0.1, 0.15) is 31.8 Å². The lowest BCUT2D eigenvalue weighted by molar-refractivity contribution is 0.595. The first-order valence-corrected chi connectivity index (χ1v) is 5.34. The Bertz CT molecular complexity index is 276. The van der Waals surface area contributed by atoms with Crippen molar-refractivity contribution in [2.75, 3.05) is 6.54 Å². The van der Waals surface area contributed by atoms with E-state index in [1.54, 1.807) is 0 Å². The highest BCUT2D eigenvalue weighted by molar-refractivity contribution is 5.05. The molecule has 3 nitrogen and oxygen atoms in total. The average Bonchev–Trinajstić information content (AvgIpc) is 2.45. The Morgan fingerprint density at radius 1 is 1.50 bits per heavy atom. The quantitative estimate of drug-likeness (QED) is 0.774. The third kappa shape index (κ3) is 2.84. The average molecular weight is 195 g/mol. The van der Waals surface area contributed by atoms with Crippen LogP contribution in [0.2, 0.25) is 0 Å². The van der Waals surface area contributed by atoms with E-state index >= 15 is 0 Å². The van der Waals surface area contributed by atoms with Gasteiger partial charge in [0.05, 0.1) is 0 Å². The second-order valence-corrected chi connectivity index (χ2v) is 4.21. The van der Waals surface area contributed by atoms with Crippen LogP contribution in [0.15, 0.2) is 6.20 Å². The van der Waals surface area contributed by atoms with Crippen LogP contribution in [-0.4, -0.2) is 16.1 Å². The van der Waals surface area contributed by atoms with Crippen molar-refractivity contribution in [2.45, 2.75) is 33.1 Å². The minimum absolute atomic E-state index is 0.665. The number of aryl methyl sites for hydroxylation is 1. The monoisotopic (exact) mass is 195 g/mol. The van der Waals surface area contributed by atoms with Crippen molar-refractivity contribution in [3.63, 3.8) is 0 Å². The van der Waals surface area contributed by atoms with E-state index in [9.17, 15) is 0 Å². The zero-order valence-electron chi connectivity index (χ0n) is 9.45. The van der Waals surface area contributed by atoms with Crippen LogP contribution >= 0.6 is 0 Å². The molecule has 0 saturated carbocycles. The van der Waals surface area contributed by atoms with Gasteiger partial charge in [-0.1, -0.05) is 13.8 Å². The van der Waals surface area contributed by atoms with Crippen molar-refractivity contribution < 1.29 is 0 Å². The van der Waals surface area contributed by atoms with E-state index in [0.717, 1.165) is 25.8 Å². The van der Waals surface area contributed by atoms with E-state index in [-0.39, 0.29) is 0 Å². The van der Waals surface area contributed by atoms with Gasteiger partial charge in [0, 0.05) is 25.4 Å². The molecule has 0 spiro atoms. The van der Waals surface area contributed by atoms with Crippen LogP contribution < -0.4 is 5.73 Å². The zero-order chi connectivity index (χ0) is 10.6. The number of rotatable bonds is 5. The summed E-state index contributed by atoms with van der Waals surface area (Å²) in [5, 5.41) is 0. The molecule has 0 aliphatic heterocycles. The van der Waals surface area contributed by atoms with Gasteiger partial charge in [-0.15, -0.1) is 0 Å². The first-order valence-electron chi connectivity index (χ1n) is 5.34. The molecule has 1 aromatic heterocycles. The van der Waals surface area contributed by atoms with E-state index in [1.165, 1.54) is 11.5 Å². The molecule has 0 aromatic carbocycles. The predicted octanol–water partition coefficient (Wildman–Crippen LogP) is 1.51. The Balaban J connectivity index is 2.65. The van der Waals surface area contributed by atoms with Crippen LogP contribution in [0.25, 0.3) is 0 Å². The lowest BCUT2D eigenvalue weighted by Gasteiger charge is -2.07. The van der Waals surface area contributed by atoms with Crippen molar-refractivity contribution in [3.8, 4) is 0 Å². The third-order valence-corrected chi connectivity index (χ3v) is 2.41. The van der Waals surface area contributed by atoms with E-state index in [1.807, 2.05) is 6.20 Å². The van der Waals surface area contributed by atoms with Gasteiger partial charge in [-0.05, 0) is 25.3 Å². The number of hydrogen-bond acceptors (Lipinski definition) is 2. The first-order chi connectivity index (χ1) is 6.65. The molecule has 0 saturated heterocycles. The summed E-state index contributed by atoms with van der Waals surface area (Å²) in [5.41, 5.74) is 6.78. The number of aromatic nitrogens is 2. The molecule has 0 aliphatic carbocycles. The highest BCUT2D eigenvalue weighted by atomic mass is 15.1. The van der Waals surface area contributed by atoms with Crippen LogP contribution in [0.4, 0.5) is 0 Å². The molecule has 1 heterocycles. The summed E-state index contributed by atoms with van der Waals surface area (Å²) in [6, 6.07) is 0. The fourth-order valence-corrected chi connectivity index (χ4v) is 1.56. The van der Waals surface area contributed by atoms with Crippen LogP contribution in [0, 0.1) is 5.92 Å². The van der Waals surface area contributed by atoms with Gasteiger partial charge in [-0.3, -0.25) is 0 Å². The zero-order valence-corrected chi connectivity index (χ0v) is 9.45. The SMILES string of the molecule is CC(C)Cc1ncc(CCCN)n1C. The van der Waals surface area contributed by atoms with Crippen molar-refractivity contribution in [3.05, 3.63) is 17.7 Å². The van der Waals surface area contributed by atoms with Crippen molar-refractivity contribution in [2.24, 2.45) is 18.7 Å². The first kappa shape index (κ1) is 11.2. The highest BCUT2D eigenvalue weighted by Crippen LogP contribution is 2.09. The second kappa shape index (κ2) is 5.15. The summed E-state index contributed by atoms with van der Waals surface area (Å²) >= 11 is 0. The van der Waals surface area contributed by atoms with Gasteiger partial charge < -0.3 is 10.3 Å². The molecule has 3 heteroatoms.